The Kier molecular flexibility index (Phi) is 9.99. The maximum atomic E-state index is 15.7. The van der Waals surface area contributed by atoms with Crippen molar-refractivity contribution < 1.29 is 42.1 Å². The molecule has 5 rings (SSSR count). The highest BCUT2D eigenvalue weighted by Crippen LogP contribution is 2.48. The summed E-state index contributed by atoms with van der Waals surface area (Å²) < 4.78 is 58.9. The Bertz CT molecular complexity index is 1940. The van der Waals surface area contributed by atoms with Crippen LogP contribution in [0.15, 0.2) is 85.7 Å². The molecule has 4 N–H and O–H groups in total. The van der Waals surface area contributed by atoms with Gasteiger partial charge in [-0.1, -0.05) is 30.3 Å². The number of aromatic nitrogens is 2. The summed E-state index contributed by atoms with van der Waals surface area (Å²) in [5.74, 6) is 0.262. The van der Waals surface area contributed by atoms with E-state index in [0.717, 1.165) is 23.8 Å². The molecule has 1 saturated heterocycles. The van der Waals surface area contributed by atoms with Crippen LogP contribution in [0.25, 0.3) is 22.3 Å². The van der Waals surface area contributed by atoms with Crippen LogP contribution < -0.4 is 26.3 Å². The summed E-state index contributed by atoms with van der Waals surface area (Å²) in [6.07, 6.45) is -5.87. The maximum Gasteiger partial charge on any atom is 0.459 e. The predicted molar refractivity (Wildman–Crippen MR) is 168 cm³/mol. The Morgan fingerprint density at radius 3 is 2.51 bits per heavy atom. The van der Waals surface area contributed by atoms with Gasteiger partial charge in [-0.25, -0.2) is 18.8 Å². The van der Waals surface area contributed by atoms with Gasteiger partial charge >= 0.3 is 13.4 Å². The molecule has 1 aliphatic heterocycles. The summed E-state index contributed by atoms with van der Waals surface area (Å²) >= 11 is 0. The third kappa shape index (κ3) is 7.63. The fourth-order valence-corrected chi connectivity index (χ4v) is 6.55. The second-order valence-corrected chi connectivity index (χ2v) is 13.2. The van der Waals surface area contributed by atoms with Crippen molar-refractivity contribution in [3.05, 3.63) is 97.9 Å². The minimum atomic E-state index is -4.53. The summed E-state index contributed by atoms with van der Waals surface area (Å²) in [7, 11) is -4.53. The number of fused-ring (bicyclic) bond motifs is 1. The number of hydrogen-bond donors (Lipinski definition) is 4. The SMILES string of the molecule is CC(C)OC(O)C(C)NP(=O)(OCC1OC(n2ccc(=O)[nH]c2=O)C(C)(F)C1O)Oc1ccc2oc(-c3ccccc3)cc(=O)c2c1. The Morgan fingerprint density at radius 2 is 1.83 bits per heavy atom. The molecular formula is C31H35FN3O11P. The van der Waals surface area contributed by atoms with Crippen LogP contribution in [0, 0.1) is 0 Å². The van der Waals surface area contributed by atoms with Crippen LogP contribution in [-0.4, -0.2) is 62.7 Å². The molecule has 1 fully saturated rings. The number of nitrogens with one attached hydrogen (secondary N) is 2. The molecule has 0 bridgehead atoms. The second kappa shape index (κ2) is 13.6. The van der Waals surface area contributed by atoms with Crippen molar-refractivity contribution in [1.29, 1.82) is 0 Å². The van der Waals surface area contributed by atoms with Crippen LogP contribution >= 0.6 is 7.75 Å². The van der Waals surface area contributed by atoms with E-state index < -0.39 is 73.6 Å². The van der Waals surface area contributed by atoms with Gasteiger partial charge in [0.25, 0.3) is 5.56 Å². The van der Waals surface area contributed by atoms with Gasteiger partial charge < -0.3 is 28.6 Å². The Balaban J connectivity index is 1.41. The highest BCUT2D eigenvalue weighted by molar-refractivity contribution is 7.52. The average molecular weight is 676 g/mol. The molecule has 0 aliphatic carbocycles. The number of aliphatic hydroxyl groups excluding tert-OH is 2. The molecule has 14 nitrogen and oxygen atoms in total. The van der Waals surface area contributed by atoms with Crippen molar-refractivity contribution in [2.75, 3.05) is 6.61 Å². The monoisotopic (exact) mass is 675 g/mol. The number of nitrogens with zero attached hydrogens (tertiary/aromatic N) is 1. The number of benzene rings is 2. The molecule has 47 heavy (non-hydrogen) atoms. The van der Waals surface area contributed by atoms with Crippen LogP contribution in [-0.2, 0) is 18.6 Å². The van der Waals surface area contributed by atoms with Gasteiger partial charge in [-0.05, 0) is 45.9 Å². The van der Waals surface area contributed by atoms with Gasteiger partial charge in [-0.2, -0.15) is 0 Å². The minimum Gasteiger partial charge on any atom is -0.456 e. The standard InChI is InChI=1S/C31H35FN3O11P/c1-17(2)43-28(39)18(3)34-47(41,42-16-25-27(38)31(4,32)29(45-25)35-13-12-26(37)33-30(35)40)46-20-10-11-23-21(14-20)22(36)15-24(44-23)19-8-6-5-7-9-19/h5-15,17-18,25,27-29,38-39H,16H2,1-4H3,(H,34,41)(H,33,37,40). The highest BCUT2D eigenvalue weighted by Gasteiger charge is 2.56. The third-order valence-electron chi connectivity index (χ3n) is 7.41. The number of aromatic amines is 1. The van der Waals surface area contributed by atoms with E-state index in [1.807, 2.05) is 11.1 Å². The van der Waals surface area contributed by atoms with Gasteiger partial charge in [0.05, 0.1) is 24.1 Å². The van der Waals surface area contributed by atoms with Gasteiger partial charge in [0.15, 0.2) is 23.6 Å². The predicted octanol–water partition coefficient (Wildman–Crippen LogP) is 3.22. The van der Waals surface area contributed by atoms with E-state index in [1.165, 1.54) is 31.2 Å². The number of rotatable bonds is 12. The molecule has 2 aromatic heterocycles. The zero-order valence-electron chi connectivity index (χ0n) is 25.9. The molecule has 4 aromatic rings. The fourth-order valence-electron chi connectivity index (χ4n) is 5.01. The number of hydrogen-bond acceptors (Lipinski definition) is 11. The Hall–Kier alpha value is -3.95. The second-order valence-electron chi connectivity index (χ2n) is 11.5. The van der Waals surface area contributed by atoms with Crippen molar-refractivity contribution in [3.8, 4) is 17.1 Å². The first-order valence-electron chi connectivity index (χ1n) is 14.7. The molecule has 252 valence electrons. The Morgan fingerprint density at radius 1 is 1.11 bits per heavy atom. The van der Waals surface area contributed by atoms with Crippen LogP contribution in [0.3, 0.4) is 0 Å². The van der Waals surface area contributed by atoms with E-state index in [4.69, 9.17) is 22.9 Å². The number of halogens is 1. The fraction of sp³-hybridized carbons (Fsp3) is 0.387. The van der Waals surface area contributed by atoms with Gasteiger partial charge in [0, 0.05) is 23.9 Å². The van der Waals surface area contributed by atoms with Gasteiger partial charge in [0.2, 0.25) is 0 Å². The molecule has 0 amide bonds. The smallest absolute Gasteiger partial charge is 0.456 e. The number of ether oxygens (including phenoxy) is 2. The van der Waals surface area contributed by atoms with Crippen molar-refractivity contribution in [1.82, 2.24) is 14.6 Å². The molecule has 7 atom stereocenters. The van der Waals surface area contributed by atoms with Gasteiger partial charge in [0.1, 0.15) is 29.3 Å². The third-order valence-corrected chi connectivity index (χ3v) is 9.08. The number of alkyl halides is 1. The summed E-state index contributed by atoms with van der Waals surface area (Å²) in [6, 6.07) is 14.4. The van der Waals surface area contributed by atoms with Crippen LogP contribution in [0.2, 0.25) is 0 Å². The topological polar surface area (TPSA) is 192 Å². The van der Waals surface area contributed by atoms with E-state index in [2.05, 4.69) is 5.09 Å². The van der Waals surface area contributed by atoms with Gasteiger partial charge in [-0.3, -0.25) is 23.7 Å². The minimum absolute atomic E-state index is 0.0829. The van der Waals surface area contributed by atoms with E-state index in [1.54, 1.807) is 38.1 Å². The van der Waals surface area contributed by atoms with Crippen molar-refractivity contribution in [3.63, 3.8) is 0 Å². The lowest BCUT2D eigenvalue weighted by molar-refractivity contribution is -0.138. The maximum absolute atomic E-state index is 15.7. The zero-order valence-corrected chi connectivity index (χ0v) is 26.8. The molecule has 7 unspecified atom stereocenters. The molecule has 2 aromatic carbocycles. The highest BCUT2D eigenvalue weighted by atomic mass is 31.2. The van der Waals surface area contributed by atoms with Crippen molar-refractivity contribution >= 4 is 18.7 Å². The Labute approximate surface area is 267 Å². The van der Waals surface area contributed by atoms with E-state index in [9.17, 15) is 29.2 Å². The molecule has 0 spiro atoms. The normalized spacial score (nSPS) is 23.9. The lowest BCUT2D eigenvalue weighted by Gasteiger charge is -2.28. The molecule has 1 aliphatic rings. The lowest BCUT2D eigenvalue weighted by Crippen LogP contribution is -2.44. The summed E-state index contributed by atoms with van der Waals surface area (Å²) in [5.41, 5.74) is -3.71. The molecule has 0 radical (unpaired) electrons. The summed E-state index contributed by atoms with van der Waals surface area (Å²) in [4.78, 5) is 38.9. The van der Waals surface area contributed by atoms with Crippen molar-refractivity contribution in [2.45, 2.75) is 70.2 Å². The quantitative estimate of drug-likeness (QED) is 0.127. The van der Waals surface area contributed by atoms with Gasteiger partial charge in [-0.15, -0.1) is 0 Å². The number of H-pyrrole nitrogens is 1. The lowest BCUT2D eigenvalue weighted by atomic mass is 9.98. The largest absolute Gasteiger partial charge is 0.459 e. The summed E-state index contributed by atoms with van der Waals surface area (Å²) in [5, 5.41) is 23.9. The van der Waals surface area contributed by atoms with Crippen LogP contribution in [0.4, 0.5) is 4.39 Å². The van der Waals surface area contributed by atoms with E-state index in [-0.39, 0.29) is 16.7 Å². The van der Waals surface area contributed by atoms with Crippen LogP contribution in [0.5, 0.6) is 5.75 Å². The van der Waals surface area contributed by atoms with Crippen molar-refractivity contribution in [2.24, 2.45) is 0 Å². The molecule has 0 saturated carbocycles. The first-order chi connectivity index (χ1) is 22.2. The molecule has 16 heteroatoms. The molecule has 3 heterocycles. The first kappa shape index (κ1) is 34.4. The number of aliphatic hydroxyl groups is 2. The first-order valence-corrected chi connectivity index (χ1v) is 16.2. The van der Waals surface area contributed by atoms with E-state index in [0.29, 0.717) is 11.3 Å². The average Bonchev–Trinajstić information content (AvgIpc) is 3.23. The van der Waals surface area contributed by atoms with Crippen LogP contribution in [0.1, 0.15) is 33.9 Å². The zero-order chi connectivity index (χ0) is 34.1. The van der Waals surface area contributed by atoms with E-state index >= 15 is 4.39 Å². The summed E-state index contributed by atoms with van der Waals surface area (Å²) in [6.45, 7) is 5.10. The molecular weight excluding hydrogens is 640 g/mol.